The number of rotatable bonds is 4. The van der Waals surface area contributed by atoms with Gasteiger partial charge in [0.2, 0.25) is 5.91 Å². The fraction of sp³-hybridized carbons (Fsp3) is 0.125. The summed E-state index contributed by atoms with van der Waals surface area (Å²) in [7, 11) is 0. The molecule has 21 heavy (non-hydrogen) atoms. The maximum Gasteiger partial charge on any atom is 0.246 e. The molecule has 5 heteroatoms. The van der Waals surface area contributed by atoms with Gasteiger partial charge >= 0.3 is 0 Å². The zero-order chi connectivity index (χ0) is 14.7. The summed E-state index contributed by atoms with van der Waals surface area (Å²) in [6.45, 7) is 0.680. The van der Waals surface area contributed by atoms with E-state index in [1.165, 1.54) is 0 Å². The van der Waals surface area contributed by atoms with Crippen molar-refractivity contribution >= 4 is 22.5 Å². The highest BCUT2D eigenvalue weighted by atomic mass is 16.2. The van der Waals surface area contributed by atoms with Crippen molar-refractivity contribution < 1.29 is 4.79 Å². The molecule has 5 nitrogen and oxygen atoms in total. The third-order valence-electron chi connectivity index (χ3n) is 3.32. The van der Waals surface area contributed by atoms with E-state index in [0.717, 1.165) is 22.2 Å². The van der Waals surface area contributed by atoms with Gasteiger partial charge in [0.05, 0.1) is 11.7 Å². The lowest BCUT2D eigenvalue weighted by Gasteiger charge is -2.07. The normalized spacial score (nSPS) is 10.7. The van der Waals surface area contributed by atoms with Crippen molar-refractivity contribution in [2.45, 2.75) is 13.1 Å². The van der Waals surface area contributed by atoms with E-state index in [1.54, 1.807) is 10.9 Å². The second-order valence-corrected chi connectivity index (χ2v) is 4.81. The molecular formula is C16H16N4O. The first-order valence-corrected chi connectivity index (χ1v) is 6.75. The van der Waals surface area contributed by atoms with Crippen LogP contribution in [0.3, 0.4) is 0 Å². The molecule has 3 rings (SSSR count). The Bertz CT molecular complexity index is 761. The van der Waals surface area contributed by atoms with Gasteiger partial charge in [0.15, 0.2) is 0 Å². The minimum Gasteiger partial charge on any atom is -0.326 e. The fourth-order valence-corrected chi connectivity index (χ4v) is 2.21. The molecule has 106 valence electrons. The highest BCUT2D eigenvalue weighted by Gasteiger charge is 2.07. The second-order valence-electron chi connectivity index (χ2n) is 4.81. The Labute approximate surface area is 122 Å². The molecule has 0 aliphatic carbocycles. The van der Waals surface area contributed by atoms with E-state index in [2.05, 4.69) is 10.4 Å². The van der Waals surface area contributed by atoms with Crippen molar-refractivity contribution in [3.8, 4) is 0 Å². The number of amides is 1. The van der Waals surface area contributed by atoms with Crippen molar-refractivity contribution in [1.29, 1.82) is 0 Å². The summed E-state index contributed by atoms with van der Waals surface area (Å²) in [4.78, 5) is 12.1. The largest absolute Gasteiger partial charge is 0.326 e. The van der Waals surface area contributed by atoms with Gasteiger partial charge < -0.3 is 11.1 Å². The molecule has 3 N–H and O–H groups in total. The quantitative estimate of drug-likeness (QED) is 0.769. The van der Waals surface area contributed by atoms with Crippen molar-refractivity contribution in [3.63, 3.8) is 0 Å². The predicted molar refractivity (Wildman–Crippen MR) is 82.7 cm³/mol. The lowest BCUT2D eigenvalue weighted by Crippen LogP contribution is -2.19. The summed E-state index contributed by atoms with van der Waals surface area (Å²) < 4.78 is 1.69. The van der Waals surface area contributed by atoms with Crippen LogP contribution in [-0.2, 0) is 17.9 Å². The first-order valence-electron chi connectivity index (χ1n) is 6.75. The summed E-state index contributed by atoms with van der Waals surface area (Å²) >= 11 is 0. The Morgan fingerprint density at radius 1 is 1.14 bits per heavy atom. The maximum absolute atomic E-state index is 12.1. The van der Waals surface area contributed by atoms with E-state index < -0.39 is 0 Å². The number of hydrogen-bond donors (Lipinski definition) is 2. The molecule has 0 aliphatic rings. The van der Waals surface area contributed by atoms with Gasteiger partial charge in [-0.3, -0.25) is 9.48 Å². The first-order chi connectivity index (χ1) is 10.3. The average Bonchev–Trinajstić information content (AvgIpc) is 2.91. The highest BCUT2D eigenvalue weighted by molar-refractivity contribution is 5.91. The molecule has 0 radical (unpaired) electrons. The standard InChI is InChI=1S/C16H16N4O/c17-9-12-5-7-14(8-6-12)19-16(21)11-20-15-4-2-1-3-13(15)10-18-20/h1-8,10H,9,11,17H2,(H,19,21). The molecule has 2 aromatic carbocycles. The van der Waals surface area contributed by atoms with Crippen LogP contribution in [0.2, 0.25) is 0 Å². The van der Waals surface area contributed by atoms with E-state index in [0.29, 0.717) is 6.54 Å². The third-order valence-corrected chi connectivity index (χ3v) is 3.32. The lowest BCUT2D eigenvalue weighted by molar-refractivity contribution is -0.116. The molecule has 0 aliphatic heterocycles. The molecule has 0 atom stereocenters. The Kier molecular flexibility index (Phi) is 3.66. The first kappa shape index (κ1) is 13.3. The van der Waals surface area contributed by atoms with Crippen molar-refractivity contribution in [2.24, 2.45) is 5.73 Å². The summed E-state index contributed by atoms with van der Waals surface area (Å²) in [6.07, 6.45) is 1.76. The van der Waals surface area contributed by atoms with E-state index in [9.17, 15) is 4.79 Å². The van der Waals surface area contributed by atoms with E-state index in [4.69, 9.17) is 5.73 Å². The van der Waals surface area contributed by atoms with Crippen LogP contribution in [0.5, 0.6) is 0 Å². The Morgan fingerprint density at radius 3 is 2.67 bits per heavy atom. The van der Waals surface area contributed by atoms with Crippen molar-refractivity contribution in [2.75, 3.05) is 5.32 Å². The average molecular weight is 280 g/mol. The zero-order valence-corrected chi connectivity index (χ0v) is 11.5. The maximum atomic E-state index is 12.1. The number of fused-ring (bicyclic) bond motifs is 1. The summed E-state index contributed by atoms with van der Waals surface area (Å²) in [6, 6.07) is 15.3. The fourth-order valence-electron chi connectivity index (χ4n) is 2.21. The van der Waals surface area contributed by atoms with E-state index >= 15 is 0 Å². The van der Waals surface area contributed by atoms with Crippen LogP contribution in [0.4, 0.5) is 5.69 Å². The number of para-hydroxylation sites is 1. The molecule has 0 bridgehead atoms. The molecule has 0 spiro atoms. The van der Waals surface area contributed by atoms with Gasteiger partial charge in [-0.05, 0) is 23.8 Å². The molecule has 0 saturated carbocycles. The number of nitrogens with two attached hydrogens (primary N) is 1. The summed E-state index contributed by atoms with van der Waals surface area (Å²) in [5.74, 6) is -0.107. The summed E-state index contributed by atoms with van der Waals surface area (Å²) in [5.41, 5.74) is 8.29. The highest BCUT2D eigenvalue weighted by Crippen LogP contribution is 2.13. The third kappa shape index (κ3) is 2.93. The second kappa shape index (κ2) is 5.76. The Hall–Kier alpha value is -2.66. The van der Waals surface area contributed by atoms with Gasteiger partial charge in [-0.2, -0.15) is 5.10 Å². The number of benzene rings is 2. The SMILES string of the molecule is NCc1ccc(NC(=O)Cn2ncc3ccccc32)cc1. The summed E-state index contributed by atoms with van der Waals surface area (Å²) in [5, 5.41) is 8.12. The van der Waals surface area contributed by atoms with E-state index in [-0.39, 0.29) is 12.5 Å². The lowest BCUT2D eigenvalue weighted by atomic mass is 10.2. The number of carbonyl (C=O) groups is 1. The Morgan fingerprint density at radius 2 is 1.90 bits per heavy atom. The van der Waals surface area contributed by atoms with Crippen LogP contribution in [0.25, 0.3) is 10.9 Å². The number of nitrogens with zero attached hydrogens (tertiary/aromatic N) is 2. The van der Waals surface area contributed by atoms with Gasteiger partial charge in [-0.1, -0.05) is 30.3 Å². The predicted octanol–water partition coefficient (Wildman–Crippen LogP) is 2.13. The number of nitrogens with one attached hydrogen (secondary N) is 1. The van der Waals surface area contributed by atoms with Crippen LogP contribution in [0.15, 0.2) is 54.7 Å². The monoisotopic (exact) mass is 280 g/mol. The smallest absolute Gasteiger partial charge is 0.246 e. The molecular weight excluding hydrogens is 264 g/mol. The molecule has 0 saturated heterocycles. The molecule has 3 aromatic rings. The van der Waals surface area contributed by atoms with Crippen LogP contribution in [0.1, 0.15) is 5.56 Å². The van der Waals surface area contributed by atoms with Gasteiger partial charge in [-0.15, -0.1) is 0 Å². The molecule has 0 unspecified atom stereocenters. The van der Waals surface area contributed by atoms with Crippen molar-refractivity contribution in [3.05, 3.63) is 60.3 Å². The molecule has 0 fully saturated rings. The molecule has 1 amide bonds. The van der Waals surface area contributed by atoms with Crippen LogP contribution < -0.4 is 11.1 Å². The number of hydrogen-bond acceptors (Lipinski definition) is 3. The van der Waals surface area contributed by atoms with Gasteiger partial charge in [0, 0.05) is 17.6 Å². The number of carbonyl (C=O) groups excluding carboxylic acids is 1. The van der Waals surface area contributed by atoms with E-state index in [1.807, 2.05) is 48.5 Å². The minimum atomic E-state index is -0.107. The van der Waals surface area contributed by atoms with Gasteiger partial charge in [0.1, 0.15) is 6.54 Å². The van der Waals surface area contributed by atoms with Crippen LogP contribution >= 0.6 is 0 Å². The number of aromatic nitrogens is 2. The number of anilines is 1. The Balaban J connectivity index is 1.71. The van der Waals surface area contributed by atoms with Gasteiger partial charge in [-0.25, -0.2) is 0 Å². The van der Waals surface area contributed by atoms with Crippen molar-refractivity contribution in [1.82, 2.24) is 9.78 Å². The minimum absolute atomic E-state index is 0.107. The van der Waals surface area contributed by atoms with Gasteiger partial charge in [0.25, 0.3) is 0 Å². The zero-order valence-electron chi connectivity index (χ0n) is 11.5. The molecule has 1 aromatic heterocycles. The van der Waals surface area contributed by atoms with Crippen LogP contribution in [-0.4, -0.2) is 15.7 Å². The molecule has 1 heterocycles. The topological polar surface area (TPSA) is 72.9 Å². The van der Waals surface area contributed by atoms with Crippen LogP contribution in [0, 0.1) is 0 Å².